The first-order valence-electron chi connectivity index (χ1n) is 6.42. The van der Waals surface area contributed by atoms with Crippen molar-refractivity contribution in [2.24, 2.45) is 23.7 Å². The Balaban J connectivity index is 3.10. The molecule has 1 nitrogen and oxygen atoms in total. The summed E-state index contributed by atoms with van der Waals surface area (Å²) in [6.07, 6.45) is 6.47. The van der Waals surface area contributed by atoms with Crippen LogP contribution in [-0.2, 0) is 0 Å². The van der Waals surface area contributed by atoms with Gasteiger partial charge in [0.15, 0.2) is 0 Å². The van der Waals surface area contributed by atoms with E-state index in [0.29, 0.717) is 11.8 Å². The second-order valence-electron chi connectivity index (χ2n) is 5.97. The van der Waals surface area contributed by atoms with E-state index in [1.807, 2.05) is 0 Å². The Morgan fingerprint density at radius 3 is 2.06 bits per heavy atom. The Bertz CT molecular complexity index is 297. The first kappa shape index (κ1) is 13.5. The van der Waals surface area contributed by atoms with E-state index in [1.165, 1.54) is 5.57 Å². The lowest BCUT2D eigenvalue weighted by atomic mass is 9.69. The van der Waals surface area contributed by atoms with Crippen LogP contribution in [0.15, 0.2) is 23.8 Å². The van der Waals surface area contributed by atoms with Crippen LogP contribution in [0.3, 0.4) is 0 Å². The summed E-state index contributed by atoms with van der Waals surface area (Å²) in [5.74, 6) is 1.43. The number of rotatable bonds is 3. The Morgan fingerprint density at radius 1 is 1.12 bits per heavy atom. The van der Waals surface area contributed by atoms with Gasteiger partial charge in [0.05, 0.1) is 5.60 Å². The second-order valence-corrected chi connectivity index (χ2v) is 5.97. The quantitative estimate of drug-likeness (QED) is 0.770. The SMILES string of the molecule is CC(C)C1=CC(O)(C(C)C)C(C(C)C)C=C1. The lowest BCUT2D eigenvalue weighted by molar-refractivity contribution is -0.0147. The third-order valence-corrected chi connectivity index (χ3v) is 3.74. The van der Waals surface area contributed by atoms with E-state index in [2.05, 4.69) is 59.8 Å². The molecule has 1 rings (SSSR count). The number of hydrogen-bond donors (Lipinski definition) is 1. The molecule has 0 spiro atoms. The summed E-state index contributed by atoms with van der Waals surface area (Å²) in [5, 5.41) is 10.9. The molecule has 0 aromatic rings. The van der Waals surface area contributed by atoms with Gasteiger partial charge in [-0.15, -0.1) is 0 Å². The first-order chi connectivity index (χ1) is 7.29. The maximum atomic E-state index is 10.9. The smallest absolute Gasteiger partial charge is 0.0920 e. The fourth-order valence-corrected chi connectivity index (χ4v) is 2.45. The second kappa shape index (κ2) is 4.75. The molecule has 0 fully saturated rings. The summed E-state index contributed by atoms with van der Waals surface area (Å²) in [7, 11) is 0. The maximum absolute atomic E-state index is 10.9. The number of aliphatic hydroxyl groups is 1. The summed E-state index contributed by atoms with van der Waals surface area (Å²) < 4.78 is 0. The Morgan fingerprint density at radius 2 is 1.69 bits per heavy atom. The van der Waals surface area contributed by atoms with Crippen molar-refractivity contribution in [1.82, 2.24) is 0 Å². The van der Waals surface area contributed by atoms with E-state index < -0.39 is 5.60 Å². The van der Waals surface area contributed by atoms with Crippen molar-refractivity contribution < 1.29 is 5.11 Å². The van der Waals surface area contributed by atoms with Gasteiger partial charge in [-0.3, -0.25) is 0 Å². The van der Waals surface area contributed by atoms with Gasteiger partial charge in [0.2, 0.25) is 0 Å². The first-order valence-corrected chi connectivity index (χ1v) is 6.42. The largest absolute Gasteiger partial charge is 0.385 e. The minimum atomic E-state index is -0.678. The molecule has 0 radical (unpaired) electrons. The molecule has 2 atom stereocenters. The average Bonchev–Trinajstić information content (AvgIpc) is 2.16. The van der Waals surface area contributed by atoms with Gasteiger partial charge in [0, 0.05) is 5.92 Å². The van der Waals surface area contributed by atoms with Crippen molar-refractivity contribution in [3.05, 3.63) is 23.8 Å². The van der Waals surface area contributed by atoms with Gasteiger partial charge in [0.1, 0.15) is 0 Å². The van der Waals surface area contributed by atoms with Crippen molar-refractivity contribution in [3.63, 3.8) is 0 Å². The molecule has 0 amide bonds. The molecular formula is C15H26O. The molecule has 0 heterocycles. The predicted molar refractivity (Wildman–Crippen MR) is 70.2 cm³/mol. The molecule has 1 aliphatic rings. The Labute approximate surface area is 100 Å². The van der Waals surface area contributed by atoms with Gasteiger partial charge < -0.3 is 5.11 Å². The summed E-state index contributed by atoms with van der Waals surface area (Å²) in [5.41, 5.74) is 0.579. The van der Waals surface area contributed by atoms with Gasteiger partial charge in [-0.2, -0.15) is 0 Å². The molecule has 1 heteroatoms. The van der Waals surface area contributed by atoms with E-state index in [4.69, 9.17) is 0 Å². The van der Waals surface area contributed by atoms with Crippen LogP contribution in [0.4, 0.5) is 0 Å². The van der Waals surface area contributed by atoms with Crippen molar-refractivity contribution in [2.45, 2.75) is 47.1 Å². The third kappa shape index (κ3) is 2.40. The van der Waals surface area contributed by atoms with Gasteiger partial charge in [0.25, 0.3) is 0 Å². The van der Waals surface area contributed by atoms with E-state index in [-0.39, 0.29) is 11.8 Å². The van der Waals surface area contributed by atoms with Crippen LogP contribution in [0.25, 0.3) is 0 Å². The monoisotopic (exact) mass is 222 g/mol. The molecule has 0 aromatic heterocycles. The highest BCUT2D eigenvalue weighted by Crippen LogP contribution is 2.39. The minimum Gasteiger partial charge on any atom is -0.385 e. The molecule has 0 aromatic carbocycles. The molecule has 16 heavy (non-hydrogen) atoms. The lowest BCUT2D eigenvalue weighted by Gasteiger charge is -2.41. The van der Waals surface area contributed by atoms with E-state index in [1.54, 1.807) is 0 Å². The van der Waals surface area contributed by atoms with Crippen LogP contribution in [0.1, 0.15) is 41.5 Å². The van der Waals surface area contributed by atoms with Crippen molar-refractivity contribution in [2.75, 3.05) is 0 Å². The third-order valence-electron chi connectivity index (χ3n) is 3.74. The van der Waals surface area contributed by atoms with Gasteiger partial charge in [-0.05, 0) is 29.4 Å². The van der Waals surface area contributed by atoms with Crippen molar-refractivity contribution in [3.8, 4) is 0 Å². The van der Waals surface area contributed by atoms with E-state index in [9.17, 15) is 5.11 Å². The van der Waals surface area contributed by atoms with Crippen molar-refractivity contribution >= 4 is 0 Å². The van der Waals surface area contributed by atoms with Crippen LogP contribution in [0.2, 0.25) is 0 Å². The van der Waals surface area contributed by atoms with Crippen LogP contribution in [-0.4, -0.2) is 10.7 Å². The maximum Gasteiger partial charge on any atom is 0.0920 e. The highest BCUT2D eigenvalue weighted by Gasteiger charge is 2.40. The fourth-order valence-electron chi connectivity index (χ4n) is 2.45. The molecule has 0 aliphatic heterocycles. The van der Waals surface area contributed by atoms with Crippen LogP contribution >= 0.6 is 0 Å². The summed E-state index contributed by atoms with van der Waals surface area (Å²) in [4.78, 5) is 0. The number of allylic oxidation sites excluding steroid dienone is 2. The normalized spacial score (nSPS) is 30.4. The van der Waals surface area contributed by atoms with Gasteiger partial charge in [-0.25, -0.2) is 0 Å². The molecule has 1 N–H and O–H groups in total. The highest BCUT2D eigenvalue weighted by molar-refractivity contribution is 5.32. The summed E-state index contributed by atoms with van der Waals surface area (Å²) >= 11 is 0. The molecule has 0 bridgehead atoms. The van der Waals surface area contributed by atoms with Gasteiger partial charge in [-0.1, -0.05) is 53.7 Å². The molecule has 2 unspecified atom stereocenters. The number of hydrogen-bond acceptors (Lipinski definition) is 1. The predicted octanol–water partition coefficient (Wildman–Crippen LogP) is 3.80. The molecule has 0 saturated carbocycles. The molecular weight excluding hydrogens is 196 g/mol. The van der Waals surface area contributed by atoms with Crippen LogP contribution < -0.4 is 0 Å². The lowest BCUT2D eigenvalue weighted by Crippen LogP contribution is -2.44. The average molecular weight is 222 g/mol. The van der Waals surface area contributed by atoms with Gasteiger partial charge >= 0.3 is 0 Å². The summed E-state index contributed by atoms with van der Waals surface area (Å²) in [6, 6.07) is 0. The van der Waals surface area contributed by atoms with E-state index in [0.717, 1.165) is 0 Å². The fraction of sp³-hybridized carbons (Fsp3) is 0.733. The highest BCUT2D eigenvalue weighted by atomic mass is 16.3. The standard InChI is InChI=1S/C15H26O/c1-10(2)13-7-8-14(11(3)4)15(16,9-13)12(5)6/h7-12,14,16H,1-6H3. The van der Waals surface area contributed by atoms with E-state index >= 15 is 0 Å². The topological polar surface area (TPSA) is 20.2 Å². The summed E-state index contributed by atoms with van der Waals surface area (Å²) in [6.45, 7) is 12.9. The minimum absolute atomic E-state index is 0.231. The zero-order chi connectivity index (χ0) is 12.5. The Hall–Kier alpha value is -0.560. The van der Waals surface area contributed by atoms with Crippen LogP contribution in [0.5, 0.6) is 0 Å². The van der Waals surface area contributed by atoms with Crippen LogP contribution in [0, 0.1) is 23.7 Å². The zero-order valence-corrected chi connectivity index (χ0v) is 11.5. The molecule has 92 valence electrons. The Kier molecular flexibility index (Phi) is 4.01. The zero-order valence-electron chi connectivity index (χ0n) is 11.5. The van der Waals surface area contributed by atoms with Crippen molar-refractivity contribution in [1.29, 1.82) is 0 Å². The molecule has 1 aliphatic carbocycles. The molecule has 0 saturated heterocycles.